The van der Waals surface area contributed by atoms with Crippen LogP contribution < -0.4 is 11.3 Å². The Morgan fingerprint density at radius 2 is 2.24 bits per heavy atom. The zero-order chi connectivity index (χ0) is 12.7. The highest BCUT2D eigenvalue weighted by Crippen LogP contribution is 2.17. The molecular weight excluding hydrogens is 232 g/mol. The molecule has 0 fully saturated rings. The van der Waals surface area contributed by atoms with Crippen LogP contribution in [0.4, 0.5) is 0 Å². The third-order valence-electron chi connectivity index (χ3n) is 2.91. The minimum Gasteiger partial charge on any atom is -0.377 e. The van der Waals surface area contributed by atoms with Gasteiger partial charge in [-0.1, -0.05) is 19.9 Å². The second-order valence-electron chi connectivity index (χ2n) is 4.56. The number of thiophene rings is 1. The van der Waals surface area contributed by atoms with Crippen molar-refractivity contribution in [3.8, 4) is 0 Å². The van der Waals surface area contributed by atoms with Crippen LogP contribution in [-0.4, -0.2) is 18.8 Å². The van der Waals surface area contributed by atoms with Gasteiger partial charge in [-0.15, -0.1) is 11.3 Å². The molecule has 17 heavy (non-hydrogen) atoms. The molecule has 0 radical (unpaired) electrons. The molecule has 0 spiro atoms. The fourth-order valence-electron chi connectivity index (χ4n) is 2.06. The predicted molar refractivity (Wildman–Crippen MR) is 74.0 cm³/mol. The quantitative estimate of drug-likeness (QED) is 0.555. The molecule has 0 aliphatic rings. The molecule has 0 aromatic carbocycles. The summed E-state index contributed by atoms with van der Waals surface area (Å²) < 4.78 is 5.79. The van der Waals surface area contributed by atoms with Gasteiger partial charge < -0.3 is 4.74 Å². The zero-order valence-corrected chi connectivity index (χ0v) is 11.8. The molecule has 3 nitrogen and oxygen atoms in total. The van der Waals surface area contributed by atoms with Crippen molar-refractivity contribution in [3.05, 3.63) is 22.4 Å². The predicted octanol–water partition coefficient (Wildman–Crippen LogP) is 2.57. The van der Waals surface area contributed by atoms with Crippen molar-refractivity contribution in [3.63, 3.8) is 0 Å². The number of rotatable bonds is 8. The topological polar surface area (TPSA) is 47.3 Å². The summed E-state index contributed by atoms with van der Waals surface area (Å²) in [7, 11) is 0. The standard InChI is InChI=1S/C13H24N2OS/c1-4-16-13(10(2)3)12(15-14)8-7-11-6-5-9-17-11/h5-6,9-10,12-13,15H,4,7-8,14H2,1-3H3. The van der Waals surface area contributed by atoms with Crippen molar-refractivity contribution in [1.29, 1.82) is 0 Å². The fraction of sp³-hybridized carbons (Fsp3) is 0.692. The highest BCUT2D eigenvalue weighted by molar-refractivity contribution is 7.09. The lowest BCUT2D eigenvalue weighted by Crippen LogP contribution is -2.47. The first-order chi connectivity index (χ1) is 8.19. The number of hydrazine groups is 1. The highest BCUT2D eigenvalue weighted by Gasteiger charge is 2.23. The summed E-state index contributed by atoms with van der Waals surface area (Å²) in [5.74, 6) is 6.13. The molecule has 3 N–H and O–H groups in total. The number of hydrogen-bond donors (Lipinski definition) is 2. The van der Waals surface area contributed by atoms with Crippen molar-refractivity contribution >= 4 is 11.3 Å². The van der Waals surface area contributed by atoms with Crippen molar-refractivity contribution in [2.24, 2.45) is 11.8 Å². The second kappa shape index (κ2) is 7.82. The minimum atomic E-state index is 0.185. The largest absolute Gasteiger partial charge is 0.377 e. The Hall–Kier alpha value is -0.420. The Morgan fingerprint density at radius 1 is 1.47 bits per heavy atom. The van der Waals surface area contributed by atoms with E-state index in [1.54, 1.807) is 11.3 Å². The van der Waals surface area contributed by atoms with Crippen LogP contribution in [0.15, 0.2) is 17.5 Å². The Balaban J connectivity index is 2.50. The number of ether oxygens (including phenoxy) is 1. The van der Waals surface area contributed by atoms with Crippen molar-refractivity contribution in [2.45, 2.75) is 45.8 Å². The third-order valence-corrected chi connectivity index (χ3v) is 3.84. The van der Waals surface area contributed by atoms with E-state index in [9.17, 15) is 0 Å². The first-order valence-electron chi connectivity index (χ1n) is 6.29. The van der Waals surface area contributed by atoms with Crippen molar-refractivity contribution in [2.75, 3.05) is 6.61 Å². The SMILES string of the molecule is CCOC(C(C)C)C(CCc1cccs1)NN. The molecule has 0 aliphatic carbocycles. The maximum atomic E-state index is 5.79. The molecule has 4 heteroatoms. The number of nitrogens with two attached hydrogens (primary N) is 1. The van der Waals surface area contributed by atoms with E-state index in [0.29, 0.717) is 5.92 Å². The van der Waals surface area contributed by atoms with E-state index >= 15 is 0 Å². The van der Waals surface area contributed by atoms with Crippen LogP contribution >= 0.6 is 11.3 Å². The van der Waals surface area contributed by atoms with Gasteiger partial charge in [0.25, 0.3) is 0 Å². The Labute approximate surface area is 108 Å². The molecule has 1 aromatic heterocycles. The molecule has 2 atom stereocenters. The molecule has 1 aromatic rings. The molecule has 1 heterocycles. The van der Waals surface area contributed by atoms with Gasteiger partial charge in [-0.2, -0.15) is 0 Å². The van der Waals surface area contributed by atoms with E-state index in [1.807, 2.05) is 6.92 Å². The lowest BCUT2D eigenvalue weighted by Gasteiger charge is -2.29. The minimum absolute atomic E-state index is 0.185. The Kier molecular flexibility index (Phi) is 6.73. The van der Waals surface area contributed by atoms with E-state index in [1.165, 1.54) is 4.88 Å². The van der Waals surface area contributed by atoms with Gasteiger partial charge in [-0.25, -0.2) is 0 Å². The van der Waals surface area contributed by atoms with Gasteiger partial charge in [0.15, 0.2) is 0 Å². The molecule has 0 saturated heterocycles. The average molecular weight is 256 g/mol. The molecule has 0 bridgehead atoms. The average Bonchev–Trinajstić information content (AvgIpc) is 2.81. The van der Waals surface area contributed by atoms with Gasteiger partial charge in [-0.3, -0.25) is 11.3 Å². The second-order valence-corrected chi connectivity index (χ2v) is 5.59. The summed E-state index contributed by atoms with van der Waals surface area (Å²) in [4.78, 5) is 1.41. The smallest absolute Gasteiger partial charge is 0.0764 e. The lowest BCUT2D eigenvalue weighted by atomic mass is 9.96. The summed E-state index contributed by atoms with van der Waals surface area (Å²) >= 11 is 1.80. The third kappa shape index (κ3) is 4.76. The van der Waals surface area contributed by atoms with Crippen LogP contribution in [0.1, 0.15) is 32.1 Å². The molecular formula is C13H24N2OS. The van der Waals surface area contributed by atoms with Crippen LogP contribution in [0.25, 0.3) is 0 Å². The van der Waals surface area contributed by atoms with Crippen LogP contribution in [0.2, 0.25) is 0 Å². The molecule has 0 aliphatic heterocycles. The number of hydrogen-bond acceptors (Lipinski definition) is 4. The summed E-state index contributed by atoms with van der Waals surface area (Å²) in [5.41, 5.74) is 2.91. The number of aryl methyl sites for hydroxylation is 1. The van der Waals surface area contributed by atoms with Crippen LogP contribution in [0.3, 0.4) is 0 Å². The Bertz CT molecular complexity index is 288. The summed E-state index contributed by atoms with van der Waals surface area (Å²) in [6.07, 6.45) is 2.26. The highest BCUT2D eigenvalue weighted by atomic mass is 32.1. The van der Waals surface area contributed by atoms with Gasteiger partial charge in [0, 0.05) is 17.5 Å². The van der Waals surface area contributed by atoms with Crippen LogP contribution in [-0.2, 0) is 11.2 Å². The van der Waals surface area contributed by atoms with Gasteiger partial charge in [0.2, 0.25) is 0 Å². The van der Waals surface area contributed by atoms with Gasteiger partial charge in [-0.05, 0) is 37.1 Å². The fourth-order valence-corrected chi connectivity index (χ4v) is 2.79. The van der Waals surface area contributed by atoms with Gasteiger partial charge in [0.1, 0.15) is 0 Å². The van der Waals surface area contributed by atoms with E-state index < -0.39 is 0 Å². The zero-order valence-electron chi connectivity index (χ0n) is 11.0. The molecule has 0 saturated carbocycles. The number of nitrogens with one attached hydrogen (secondary N) is 1. The maximum absolute atomic E-state index is 5.79. The first-order valence-corrected chi connectivity index (χ1v) is 7.17. The summed E-state index contributed by atoms with van der Waals surface area (Å²) in [6, 6.07) is 4.48. The van der Waals surface area contributed by atoms with E-state index in [-0.39, 0.29) is 12.1 Å². The van der Waals surface area contributed by atoms with Crippen molar-refractivity contribution < 1.29 is 4.74 Å². The van der Waals surface area contributed by atoms with Gasteiger partial charge >= 0.3 is 0 Å². The van der Waals surface area contributed by atoms with E-state index in [4.69, 9.17) is 10.6 Å². The van der Waals surface area contributed by atoms with Crippen molar-refractivity contribution in [1.82, 2.24) is 5.43 Å². The van der Waals surface area contributed by atoms with E-state index in [0.717, 1.165) is 19.4 Å². The molecule has 98 valence electrons. The maximum Gasteiger partial charge on any atom is 0.0764 e. The molecule has 0 amide bonds. The normalized spacial score (nSPS) is 15.1. The Morgan fingerprint density at radius 3 is 2.71 bits per heavy atom. The lowest BCUT2D eigenvalue weighted by molar-refractivity contribution is 0.00157. The van der Waals surface area contributed by atoms with E-state index in [2.05, 4.69) is 36.8 Å². The molecule has 2 unspecified atom stereocenters. The van der Waals surface area contributed by atoms with Crippen LogP contribution in [0, 0.1) is 5.92 Å². The first kappa shape index (κ1) is 14.6. The van der Waals surface area contributed by atoms with Gasteiger partial charge in [0.05, 0.1) is 6.10 Å². The van der Waals surface area contributed by atoms with Crippen LogP contribution in [0.5, 0.6) is 0 Å². The summed E-state index contributed by atoms with van der Waals surface area (Å²) in [6.45, 7) is 7.12. The molecule has 1 rings (SSSR count). The summed E-state index contributed by atoms with van der Waals surface area (Å²) in [5, 5.41) is 2.11. The monoisotopic (exact) mass is 256 g/mol.